The maximum atomic E-state index is 12.1. The minimum atomic E-state index is -0.311. The zero-order valence-corrected chi connectivity index (χ0v) is 22.7. The molecule has 9 heteroatoms. The van der Waals surface area contributed by atoms with Gasteiger partial charge in [0.15, 0.2) is 5.96 Å². The number of aliphatic imine (C=N–C) groups is 1. The standard InChI is InChI=1S/C23H33N5O2S.HI/c1-6-24-23(25-14-17-10-11-19-18(13-17)9-8-12-28(19)5)27-16(4)21-26-15(3)20(31-21)22(29)30-7-2;/h10-11,13,16H,6-9,12,14H2,1-5H3,(H2,24,25,27);1H. The fourth-order valence-electron chi connectivity index (χ4n) is 3.68. The summed E-state index contributed by atoms with van der Waals surface area (Å²) >= 11 is 1.37. The fraction of sp³-hybridized carbons (Fsp3) is 0.522. The molecule has 3 rings (SSSR count). The van der Waals surface area contributed by atoms with Crippen LogP contribution < -0.4 is 15.5 Å². The van der Waals surface area contributed by atoms with E-state index in [1.807, 2.05) is 20.8 Å². The van der Waals surface area contributed by atoms with Crippen molar-refractivity contribution in [2.75, 3.05) is 31.6 Å². The van der Waals surface area contributed by atoms with E-state index in [1.54, 1.807) is 6.92 Å². The lowest BCUT2D eigenvalue weighted by Gasteiger charge is -2.27. The van der Waals surface area contributed by atoms with Gasteiger partial charge in [-0.05, 0) is 57.7 Å². The first-order valence-electron chi connectivity index (χ1n) is 10.9. The molecule has 0 radical (unpaired) electrons. The summed E-state index contributed by atoms with van der Waals surface area (Å²) in [5, 5.41) is 7.55. The summed E-state index contributed by atoms with van der Waals surface area (Å²) in [7, 11) is 2.15. The van der Waals surface area contributed by atoms with Gasteiger partial charge >= 0.3 is 5.97 Å². The number of hydrogen-bond acceptors (Lipinski definition) is 6. The number of ether oxygens (including phenoxy) is 1. The normalized spacial score (nSPS) is 14.3. The van der Waals surface area contributed by atoms with Crippen molar-refractivity contribution < 1.29 is 9.53 Å². The number of anilines is 1. The lowest BCUT2D eigenvalue weighted by molar-refractivity contribution is 0.0531. The molecular formula is C23H34IN5O2S. The van der Waals surface area contributed by atoms with Gasteiger partial charge < -0.3 is 20.3 Å². The Balaban J connectivity index is 0.00000363. The number of thiazole rings is 1. The molecule has 0 saturated heterocycles. The highest BCUT2D eigenvalue weighted by Crippen LogP contribution is 2.27. The molecule has 2 heterocycles. The molecule has 0 amide bonds. The Labute approximate surface area is 212 Å². The Hall–Kier alpha value is -1.88. The van der Waals surface area contributed by atoms with E-state index in [0.29, 0.717) is 23.7 Å². The number of fused-ring (bicyclic) bond motifs is 1. The predicted octanol–water partition coefficient (Wildman–Crippen LogP) is 4.44. The van der Waals surface area contributed by atoms with Crippen LogP contribution in [0, 0.1) is 6.92 Å². The van der Waals surface area contributed by atoms with Crippen molar-refractivity contribution in [1.29, 1.82) is 0 Å². The minimum absolute atomic E-state index is 0. The van der Waals surface area contributed by atoms with Crippen LogP contribution in [-0.2, 0) is 17.7 Å². The Kier molecular flexibility index (Phi) is 10.2. The summed E-state index contributed by atoms with van der Waals surface area (Å²) in [5.74, 6) is 0.421. The van der Waals surface area contributed by atoms with E-state index in [0.717, 1.165) is 30.5 Å². The first-order valence-corrected chi connectivity index (χ1v) is 11.8. The number of halogens is 1. The van der Waals surface area contributed by atoms with E-state index in [4.69, 9.17) is 9.73 Å². The van der Waals surface area contributed by atoms with E-state index >= 15 is 0 Å². The topological polar surface area (TPSA) is 78.9 Å². The van der Waals surface area contributed by atoms with Gasteiger partial charge in [-0.25, -0.2) is 14.8 Å². The molecule has 1 aromatic carbocycles. The molecule has 2 aromatic rings. The third-order valence-electron chi connectivity index (χ3n) is 5.26. The second-order valence-corrected chi connectivity index (χ2v) is 8.77. The van der Waals surface area contributed by atoms with Gasteiger partial charge in [0.05, 0.1) is 24.9 Å². The van der Waals surface area contributed by atoms with E-state index in [9.17, 15) is 4.79 Å². The molecule has 1 aliphatic heterocycles. The average molecular weight is 572 g/mol. The zero-order valence-electron chi connectivity index (χ0n) is 19.5. The number of carbonyl (C=O) groups excluding carboxylic acids is 1. The van der Waals surface area contributed by atoms with Gasteiger partial charge in [-0.2, -0.15) is 0 Å². The van der Waals surface area contributed by atoms with Crippen molar-refractivity contribution >= 4 is 52.9 Å². The number of nitrogens with zero attached hydrogens (tertiary/aromatic N) is 3. The van der Waals surface area contributed by atoms with Crippen LogP contribution in [0.5, 0.6) is 0 Å². The highest BCUT2D eigenvalue weighted by molar-refractivity contribution is 14.0. The van der Waals surface area contributed by atoms with Crippen LogP contribution >= 0.6 is 35.3 Å². The van der Waals surface area contributed by atoms with Gasteiger partial charge in [0.2, 0.25) is 0 Å². The third-order valence-corrected chi connectivity index (χ3v) is 6.58. The SMILES string of the molecule is CCNC(=NCc1ccc2c(c1)CCCN2C)NC(C)c1nc(C)c(C(=O)OCC)s1.I. The molecule has 176 valence electrons. The van der Waals surface area contributed by atoms with Crippen LogP contribution in [-0.4, -0.2) is 43.7 Å². The van der Waals surface area contributed by atoms with Crippen LogP contribution in [0.2, 0.25) is 0 Å². The highest BCUT2D eigenvalue weighted by atomic mass is 127. The van der Waals surface area contributed by atoms with Crippen molar-refractivity contribution in [3.05, 3.63) is 44.9 Å². The zero-order chi connectivity index (χ0) is 22.4. The number of hydrogen-bond donors (Lipinski definition) is 2. The number of esters is 1. The van der Waals surface area contributed by atoms with Crippen LogP contribution in [0.25, 0.3) is 0 Å². The van der Waals surface area contributed by atoms with Gasteiger partial charge in [-0.1, -0.05) is 12.1 Å². The number of guanidine groups is 1. The van der Waals surface area contributed by atoms with Gasteiger partial charge in [-0.3, -0.25) is 0 Å². The predicted molar refractivity (Wildman–Crippen MR) is 143 cm³/mol. The molecule has 2 N–H and O–H groups in total. The second-order valence-electron chi connectivity index (χ2n) is 7.74. The fourth-order valence-corrected chi connectivity index (χ4v) is 4.65. The summed E-state index contributed by atoms with van der Waals surface area (Å²) in [5.41, 5.74) is 4.63. The lowest BCUT2D eigenvalue weighted by atomic mass is 10.00. The smallest absolute Gasteiger partial charge is 0.350 e. The van der Waals surface area contributed by atoms with E-state index in [-0.39, 0.29) is 36.0 Å². The number of rotatable bonds is 7. The van der Waals surface area contributed by atoms with Gasteiger partial charge in [0.25, 0.3) is 0 Å². The molecule has 0 spiro atoms. The number of aryl methyl sites for hydroxylation is 2. The minimum Gasteiger partial charge on any atom is -0.462 e. The van der Waals surface area contributed by atoms with E-state index < -0.39 is 0 Å². The number of aromatic nitrogens is 1. The molecule has 1 aromatic heterocycles. The average Bonchev–Trinajstić information content (AvgIpc) is 3.14. The molecule has 1 atom stereocenters. The Morgan fingerprint density at radius 1 is 1.38 bits per heavy atom. The maximum absolute atomic E-state index is 12.1. The largest absolute Gasteiger partial charge is 0.462 e. The summed E-state index contributed by atoms with van der Waals surface area (Å²) in [4.78, 5) is 24.3. The van der Waals surface area contributed by atoms with Crippen molar-refractivity contribution in [2.24, 2.45) is 4.99 Å². The molecule has 0 fully saturated rings. The summed E-state index contributed by atoms with van der Waals surface area (Å²) in [6, 6.07) is 6.56. The quantitative estimate of drug-likeness (QED) is 0.222. The monoisotopic (exact) mass is 571 g/mol. The van der Waals surface area contributed by atoms with Gasteiger partial charge in [0.1, 0.15) is 9.88 Å². The van der Waals surface area contributed by atoms with Crippen molar-refractivity contribution in [3.63, 3.8) is 0 Å². The Bertz CT molecular complexity index is 946. The van der Waals surface area contributed by atoms with Crippen molar-refractivity contribution in [3.8, 4) is 0 Å². The summed E-state index contributed by atoms with van der Waals surface area (Å²) in [6.45, 7) is 10.5. The molecule has 7 nitrogen and oxygen atoms in total. The second kappa shape index (κ2) is 12.4. The first-order chi connectivity index (χ1) is 14.9. The third kappa shape index (κ3) is 6.57. The molecule has 0 saturated carbocycles. The van der Waals surface area contributed by atoms with Crippen LogP contribution in [0.15, 0.2) is 23.2 Å². The van der Waals surface area contributed by atoms with Gasteiger partial charge in [-0.15, -0.1) is 35.3 Å². The van der Waals surface area contributed by atoms with Crippen LogP contribution in [0.1, 0.15) is 64.7 Å². The Morgan fingerprint density at radius 3 is 2.88 bits per heavy atom. The number of carbonyl (C=O) groups is 1. The van der Waals surface area contributed by atoms with E-state index in [2.05, 4.69) is 45.8 Å². The highest BCUT2D eigenvalue weighted by Gasteiger charge is 2.20. The summed E-state index contributed by atoms with van der Waals surface area (Å²) < 4.78 is 5.13. The van der Waals surface area contributed by atoms with E-state index in [1.165, 1.54) is 34.6 Å². The Morgan fingerprint density at radius 2 is 2.16 bits per heavy atom. The van der Waals surface area contributed by atoms with Crippen LogP contribution in [0.3, 0.4) is 0 Å². The molecule has 0 aliphatic carbocycles. The number of benzene rings is 1. The number of nitrogens with one attached hydrogen (secondary N) is 2. The molecule has 32 heavy (non-hydrogen) atoms. The first kappa shape index (κ1) is 26.4. The van der Waals surface area contributed by atoms with Crippen molar-refractivity contribution in [1.82, 2.24) is 15.6 Å². The van der Waals surface area contributed by atoms with Gasteiger partial charge in [0, 0.05) is 25.8 Å². The maximum Gasteiger partial charge on any atom is 0.350 e. The molecule has 0 bridgehead atoms. The molecule has 1 unspecified atom stereocenters. The lowest BCUT2D eigenvalue weighted by Crippen LogP contribution is -2.38. The summed E-state index contributed by atoms with van der Waals surface area (Å²) in [6.07, 6.45) is 2.32. The van der Waals surface area contributed by atoms with Crippen molar-refractivity contribution in [2.45, 2.75) is 53.1 Å². The van der Waals surface area contributed by atoms with Crippen LogP contribution in [0.4, 0.5) is 5.69 Å². The molecular weight excluding hydrogens is 537 g/mol. The molecule has 1 aliphatic rings.